The van der Waals surface area contributed by atoms with E-state index >= 15 is 0 Å². The van der Waals surface area contributed by atoms with Crippen LogP contribution in [0.5, 0.6) is 0 Å². The molecule has 1 aromatic carbocycles. The number of benzene rings is 1. The molecule has 0 aromatic heterocycles. The van der Waals surface area contributed by atoms with Crippen molar-refractivity contribution in [1.82, 2.24) is 9.80 Å². The second kappa shape index (κ2) is 8.80. The summed E-state index contributed by atoms with van der Waals surface area (Å²) in [6.45, 7) is 4.72. The maximum absolute atomic E-state index is 13.5. The van der Waals surface area contributed by atoms with Gasteiger partial charge in [0.1, 0.15) is 6.04 Å². The topological polar surface area (TPSA) is 35.9 Å². The fourth-order valence-electron chi connectivity index (χ4n) is 3.05. The molecule has 1 aliphatic heterocycles. The van der Waals surface area contributed by atoms with E-state index in [9.17, 15) is 18.3 Å². The van der Waals surface area contributed by atoms with Crippen LogP contribution in [0.15, 0.2) is 30.3 Å². The SMILES string of the molecule is CCOC[C@@H](O)CN1CCN([C@H](c2ccccc2)C(F)(F)F)CC1. The summed E-state index contributed by atoms with van der Waals surface area (Å²) in [4.78, 5) is 3.46. The zero-order chi connectivity index (χ0) is 17.6. The van der Waals surface area contributed by atoms with Gasteiger partial charge >= 0.3 is 6.18 Å². The maximum atomic E-state index is 13.5. The molecule has 0 amide bonds. The Hall–Kier alpha value is -1.15. The fourth-order valence-corrected chi connectivity index (χ4v) is 3.05. The quantitative estimate of drug-likeness (QED) is 0.822. The second-order valence-corrected chi connectivity index (χ2v) is 6.00. The predicted octanol–water partition coefficient (Wildman–Crippen LogP) is 2.30. The van der Waals surface area contributed by atoms with Gasteiger partial charge in [0.05, 0.1) is 12.7 Å². The molecule has 0 saturated carbocycles. The molecule has 1 aliphatic rings. The van der Waals surface area contributed by atoms with Gasteiger partial charge in [0.15, 0.2) is 0 Å². The summed E-state index contributed by atoms with van der Waals surface area (Å²) in [6, 6.07) is 6.46. The predicted molar refractivity (Wildman–Crippen MR) is 85.8 cm³/mol. The normalized spacial score (nSPS) is 20.0. The molecular weight excluding hydrogens is 321 g/mol. The number of piperazine rings is 1. The van der Waals surface area contributed by atoms with Crippen LogP contribution in [0.4, 0.5) is 13.2 Å². The molecule has 1 fully saturated rings. The van der Waals surface area contributed by atoms with Crippen LogP contribution in [-0.2, 0) is 4.74 Å². The third-order valence-corrected chi connectivity index (χ3v) is 4.18. The molecule has 0 bridgehead atoms. The van der Waals surface area contributed by atoms with Crippen LogP contribution in [0.1, 0.15) is 18.5 Å². The molecule has 2 atom stereocenters. The van der Waals surface area contributed by atoms with Crippen molar-refractivity contribution in [2.45, 2.75) is 25.2 Å². The fraction of sp³-hybridized carbons (Fsp3) is 0.647. The molecule has 1 saturated heterocycles. The van der Waals surface area contributed by atoms with E-state index in [1.165, 1.54) is 17.0 Å². The smallest absolute Gasteiger partial charge is 0.389 e. The van der Waals surface area contributed by atoms with E-state index in [0.29, 0.717) is 39.3 Å². The van der Waals surface area contributed by atoms with Gasteiger partial charge in [0, 0.05) is 39.3 Å². The summed E-state index contributed by atoms with van der Waals surface area (Å²) in [6.07, 6.45) is -4.91. The van der Waals surface area contributed by atoms with E-state index in [1.54, 1.807) is 18.2 Å². The van der Waals surface area contributed by atoms with Crippen LogP contribution in [-0.4, -0.2) is 73.1 Å². The van der Waals surface area contributed by atoms with Crippen LogP contribution in [0.25, 0.3) is 0 Å². The van der Waals surface area contributed by atoms with E-state index in [1.807, 2.05) is 11.8 Å². The van der Waals surface area contributed by atoms with E-state index in [4.69, 9.17) is 4.74 Å². The van der Waals surface area contributed by atoms with Crippen molar-refractivity contribution in [2.24, 2.45) is 0 Å². The number of aliphatic hydroxyl groups excluding tert-OH is 1. The summed E-state index contributed by atoms with van der Waals surface area (Å²) in [5, 5.41) is 9.85. The van der Waals surface area contributed by atoms with Crippen molar-refractivity contribution < 1.29 is 23.0 Å². The lowest BCUT2D eigenvalue weighted by Crippen LogP contribution is -2.52. The van der Waals surface area contributed by atoms with E-state index in [0.717, 1.165) is 0 Å². The van der Waals surface area contributed by atoms with E-state index in [2.05, 4.69) is 0 Å². The number of hydrogen-bond acceptors (Lipinski definition) is 4. The molecule has 7 heteroatoms. The standard InChI is InChI=1S/C17H25F3N2O2/c1-2-24-13-15(23)12-21-8-10-22(11-9-21)16(17(18,19)20)14-6-4-3-5-7-14/h3-7,15-16,23H,2,8-13H2,1H3/t15-,16+/m0/s1. The summed E-state index contributed by atoms with van der Waals surface area (Å²) in [5.41, 5.74) is 0.273. The van der Waals surface area contributed by atoms with Gasteiger partial charge in [-0.2, -0.15) is 13.2 Å². The highest BCUT2D eigenvalue weighted by Gasteiger charge is 2.45. The average Bonchev–Trinajstić information content (AvgIpc) is 2.54. The molecule has 1 N–H and O–H groups in total. The van der Waals surface area contributed by atoms with Crippen LogP contribution in [0.2, 0.25) is 0 Å². The van der Waals surface area contributed by atoms with E-state index < -0.39 is 18.3 Å². The molecule has 136 valence electrons. The Morgan fingerprint density at radius 3 is 2.29 bits per heavy atom. The number of nitrogens with zero attached hydrogens (tertiary/aromatic N) is 2. The van der Waals surface area contributed by atoms with E-state index in [-0.39, 0.29) is 12.2 Å². The second-order valence-electron chi connectivity index (χ2n) is 6.00. The Labute approximate surface area is 140 Å². The zero-order valence-corrected chi connectivity index (χ0v) is 13.9. The number of rotatable bonds is 7. The van der Waals surface area contributed by atoms with Gasteiger partial charge in [-0.3, -0.25) is 9.80 Å². The first-order valence-corrected chi connectivity index (χ1v) is 8.25. The number of alkyl halides is 3. The molecule has 24 heavy (non-hydrogen) atoms. The summed E-state index contributed by atoms with van der Waals surface area (Å²) < 4.78 is 45.7. The van der Waals surface area contributed by atoms with Gasteiger partial charge in [-0.25, -0.2) is 0 Å². The van der Waals surface area contributed by atoms with Crippen LogP contribution in [0.3, 0.4) is 0 Å². The van der Waals surface area contributed by atoms with Gasteiger partial charge in [0.25, 0.3) is 0 Å². The van der Waals surface area contributed by atoms with Crippen molar-refractivity contribution in [2.75, 3.05) is 45.9 Å². The zero-order valence-electron chi connectivity index (χ0n) is 13.9. The van der Waals surface area contributed by atoms with Crippen molar-refractivity contribution in [3.63, 3.8) is 0 Å². The molecule has 2 rings (SSSR count). The Morgan fingerprint density at radius 1 is 1.12 bits per heavy atom. The van der Waals surface area contributed by atoms with Gasteiger partial charge in [0.2, 0.25) is 0 Å². The minimum Gasteiger partial charge on any atom is -0.389 e. The Bertz CT molecular complexity index is 476. The molecule has 1 heterocycles. The van der Waals surface area contributed by atoms with Gasteiger partial charge in [-0.1, -0.05) is 30.3 Å². The Kier molecular flexibility index (Phi) is 7.03. The highest BCUT2D eigenvalue weighted by atomic mass is 19.4. The summed E-state index contributed by atoms with van der Waals surface area (Å²) in [5.74, 6) is 0. The molecular formula is C17H25F3N2O2. The first-order chi connectivity index (χ1) is 11.4. The van der Waals surface area contributed by atoms with Crippen LogP contribution >= 0.6 is 0 Å². The molecule has 0 aliphatic carbocycles. The molecule has 0 unspecified atom stereocenters. The lowest BCUT2D eigenvalue weighted by Gasteiger charge is -2.40. The summed E-state index contributed by atoms with van der Waals surface area (Å²) in [7, 11) is 0. The minimum atomic E-state index is -4.31. The average molecular weight is 346 g/mol. The van der Waals surface area contributed by atoms with Crippen molar-refractivity contribution in [3.05, 3.63) is 35.9 Å². The molecule has 4 nitrogen and oxygen atoms in total. The molecule has 1 aromatic rings. The molecule has 0 spiro atoms. The van der Waals surface area contributed by atoms with Gasteiger partial charge < -0.3 is 9.84 Å². The minimum absolute atomic E-state index is 0.256. The third kappa shape index (κ3) is 5.44. The molecule has 0 radical (unpaired) electrons. The first kappa shape index (κ1) is 19.2. The maximum Gasteiger partial charge on any atom is 0.408 e. The third-order valence-electron chi connectivity index (χ3n) is 4.18. The number of β-amino-alcohol motifs (C(OH)–C–C–N with tert-alkyl or cyclic N) is 1. The monoisotopic (exact) mass is 346 g/mol. The highest BCUT2D eigenvalue weighted by Crippen LogP contribution is 2.37. The van der Waals surface area contributed by atoms with Gasteiger partial charge in [-0.05, 0) is 12.5 Å². The number of aliphatic hydroxyl groups is 1. The van der Waals surface area contributed by atoms with Crippen molar-refractivity contribution in [3.8, 4) is 0 Å². The summed E-state index contributed by atoms with van der Waals surface area (Å²) >= 11 is 0. The highest BCUT2D eigenvalue weighted by molar-refractivity contribution is 5.20. The number of hydrogen-bond donors (Lipinski definition) is 1. The largest absolute Gasteiger partial charge is 0.408 e. The lowest BCUT2D eigenvalue weighted by atomic mass is 10.0. The first-order valence-electron chi connectivity index (χ1n) is 8.25. The van der Waals surface area contributed by atoms with Crippen LogP contribution in [0, 0.1) is 0 Å². The van der Waals surface area contributed by atoms with Gasteiger partial charge in [-0.15, -0.1) is 0 Å². The number of halogens is 3. The van der Waals surface area contributed by atoms with Crippen LogP contribution < -0.4 is 0 Å². The van der Waals surface area contributed by atoms with Crippen molar-refractivity contribution in [1.29, 1.82) is 0 Å². The Morgan fingerprint density at radius 2 is 1.75 bits per heavy atom. The Balaban J connectivity index is 1.94. The lowest BCUT2D eigenvalue weighted by molar-refractivity contribution is -0.190. The van der Waals surface area contributed by atoms with Crippen molar-refractivity contribution >= 4 is 0 Å². The number of ether oxygens (including phenoxy) is 1.